The molecule has 2 heterocycles. The van der Waals surface area contributed by atoms with E-state index in [0.29, 0.717) is 47.1 Å². The molecule has 4 rings (SSSR count). The SMILES string of the molecule is CCOc1cccc2c1OC1(C)C(C(=O)Nc3ccc(Cl)cc3)C2NC(=S)N1CCCOC. The van der Waals surface area contributed by atoms with Crippen LogP contribution in [0.3, 0.4) is 0 Å². The summed E-state index contributed by atoms with van der Waals surface area (Å²) >= 11 is 11.7. The fourth-order valence-corrected chi connectivity index (χ4v) is 5.08. The first kappa shape index (κ1) is 23.6. The van der Waals surface area contributed by atoms with E-state index in [2.05, 4.69) is 10.6 Å². The third kappa shape index (κ3) is 4.47. The number of halogens is 1. The van der Waals surface area contributed by atoms with Crippen molar-refractivity contribution in [3.05, 3.63) is 53.1 Å². The molecule has 3 unspecified atom stereocenters. The minimum atomic E-state index is -1.03. The number of hydrogen-bond donors (Lipinski definition) is 2. The number of thiocarbonyl (C=S) groups is 1. The van der Waals surface area contributed by atoms with Crippen molar-refractivity contribution < 1.29 is 19.0 Å². The van der Waals surface area contributed by atoms with E-state index in [0.717, 1.165) is 12.0 Å². The van der Waals surface area contributed by atoms with Crippen LogP contribution in [0.5, 0.6) is 11.5 Å². The van der Waals surface area contributed by atoms with E-state index < -0.39 is 11.6 Å². The zero-order valence-electron chi connectivity index (χ0n) is 18.9. The number of hydrogen-bond acceptors (Lipinski definition) is 5. The zero-order valence-corrected chi connectivity index (χ0v) is 20.5. The van der Waals surface area contributed by atoms with Gasteiger partial charge in [0.25, 0.3) is 0 Å². The van der Waals surface area contributed by atoms with Crippen LogP contribution in [0.4, 0.5) is 5.69 Å². The summed E-state index contributed by atoms with van der Waals surface area (Å²) in [7, 11) is 1.66. The van der Waals surface area contributed by atoms with Gasteiger partial charge in [0.2, 0.25) is 5.91 Å². The molecule has 2 aromatic carbocycles. The quantitative estimate of drug-likeness (QED) is 0.421. The second-order valence-electron chi connectivity index (χ2n) is 8.16. The summed E-state index contributed by atoms with van der Waals surface area (Å²) in [6, 6.07) is 12.4. The Balaban J connectivity index is 1.75. The van der Waals surface area contributed by atoms with Gasteiger partial charge in [-0.2, -0.15) is 0 Å². The van der Waals surface area contributed by atoms with Gasteiger partial charge in [0, 0.05) is 36.5 Å². The number of carbonyl (C=O) groups excluding carboxylic acids is 1. The smallest absolute Gasteiger partial charge is 0.236 e. The maximum Gasteiger partial charge on any atom is 0.236 e. The number of methoxy groups -OCH3 is 1. The number of fused-ring (bicyclic) bond motifs is 4. The number of nitrogens with zero attached hydrogens (tertiary/aromatic N) is 1. The van der Waals surface area contributed by atoms with Gasteiger partial charge < -0.3 is 29.7 Å². The Morgan fingerprint density at radius 2 is 2.06 bits per heavy atom. The maximum absolute atomic E-state index is 13.7. The van der Waals surface area contributed by atoms with Crippen molar-refractivity contribution in [1.29, 1.82) is 0 Å². The van der Waals surface area contributed by atoms with E-state index in [1.807, 2.05) is 36.9 Å². The second-order valence-corrected chi connectivity index (χ2v) is 8.99. The predicted molar refractivity (Wildman–Crippen MR) is 132 cm³/mol. The Kier molecular flexibility index (Phi) is 6.97. The highest BCUT2D eigenvalue weighted by Gasteiger charge is 2.59. The van der Waals surface area contributed by atoms with Crippen LogP contribution in [0.15, 0.2) is 42.5 Å². The number of benzene rings is 2. The second kappa shape index (κ2) is 9.75. The molecular formula is C24H28ClN3O4S. The van der Waals surface area contributed by atoms with E-state index in [9.17, 15) is 4.79 Å². The van der Waals surface area contributed by atoms with Crippen molar-refractivity contribution in [1.82, 2.24) is 10.2 Å². The zero-order chi connectivity index (χ0) is 23.6. The van der Waals surface area contributed by atoms with Crippen LogP contribution in [0.2, 0.25) is 5.02 Å². The molecule has 1 saturated heterocycles. The van der Waals surface area contributed by atoms with Gasteiger partial charge in [-0.25, -0.2) is 0 Å². The lowest BCUT2D eigenvalue weighted by Gasteiger charge is -2.56. The first-order valence-electron chi connectivity index (χ1n) is 11.0. The lowest BCUT2D eigenvalue weighted by molar-refractivity contribution is -0.150. The number of rotatable bonds is 8. The molecule has 0 radical (unpaired) electrons. The van der Waals surface area contributed by atoms with Crippen molar-refractivity contribution >= 4 is 40.5 Å². The highest BCUT2D eigenvalue weighted by molar-refractivity contribution is 7.80. The first-order valence-corrected chi connectivity index (χ1v) is 11.8. The lowest BCUT2D eigenvalue weighted by Crippen LogP contribution is -2.71. The average Bonchev–Trinajstić information content (AvgIpc) is 2.78. The van der Waals surface area contributed by atoms with Crippen molar-refractivity contribution in [3.63, 3.8) is 0 Å². The fraction of sp³-hybridized carbons (Fsp3) is 0.417. The molecule has 0 aromatic heterocycles. The highest BCUT2D eigenvalue weighted by atomic mass is 35.5. The molecular weight excluding hydrogens is 462 g/mol. The summed E-state index contributed by atoms with van der Waals surface area (Å²) in [5.41, 5.74) is 0.472. The van der Waals surface area contributed by atoms with Crippen LogP contribution in [0.1, 0.15) is 31.9 Å². The number of anilines is 1. The van der Waals surface area contributed by atoms with Crippen LogP contribution >= 0.6 is 23.8 Å². The minimum Gasteiger partial charge on any atom is -0.490 e. The topological polar surface area (TPSA) is 72.1 Å². The van der Waals surface area contributed by atoms with Crippen LogP contribution in [0.25, 0.3) is 0 Å². The molecule has 1 amide bonds. The molecule has 2 N–H and O–H groups in total. The van der Waals surface area contributed by atoms with E-state index in [1.54, 1.807) is 31.4 Å². The number of amides is 1. The van der Waals surface area contributed by atoms with Crippen LogP contribution in [-0.4, -0.2) is 48.5 Å². The van der Waals surface area contributed by atoms with E-state index in [4.69, 9.17) is 38.0 Å². The van der Waals surface area contributed by atoms with Crippen LogP contribution in [0, 0.1) is 5.92 Å². The van der Waals surface area contributed by atoms with Crippen molar-refractivity contribution in [2.24, 2.45) is 5.92 Å². The van der Waals surface area contributed by atoms with Crippen LogP contribution < -0.4 is 20.1 Å². The fourth-order valence-electron chi connectivity index (χ4n) is 4.55. The molecule has 2 aromatic rings. The molecule has 33 heavy (non-hydrogen) atoms. The van der Waals surface area contributed by atoms with Gasteiger partial charge >= 0.3 is 0 Å². The summed E-state index contributed by atoms with van der Waals surface area (Å²) in [5.74, 6) is 0.513. The summed E-state index contributed by atoms with van der Waals surface area (Å²) in [6.45, 7) is 5.49. The minimum absolute atomic E-state index is 0.177. The lowest BCUT2D eigenvalue weighted by atomic mass is 9.78. The number of carbonyl (C=O) groups is 1. The summed E-state index contributed by atoms with van der Waals surface area (Å²) in [4.78, 5) is 15.6. The molecule has 9 heteroatoms. The third-order valence-electron chi connectivity index (χ3n) is 6.05. The van der Waals surface area contributed by atoms with Gasteiger partial charge in [-0.15, -0.1) is 0 Å². The van der Waals surface area contributed by atoms with Gasteiger partial charge in [-0.1, -0.05) is 23.7 Å². The van der Waals surface area contributed by atoms with Crippen molar-refractivity contribution in [2.75, 3.05) is 32.2 Å². The molecule has 0 aliphatic carbocycles. The molecule has 2 aliphatic heterocycles. The van der Waals surface area contributed by atoms with E-state index in [1.165, 1.54) is 0 Å². The molecule has 7 nitrogen and oxygen atoms in total. The van der Waals surface area contributed by atoms with Gasteiger partial charge in [-0.05, 0) is 62.8 Å². The van der Waals surface area contributed by atoms with Gasteiger partial charge in [-0.3, -0.25) is 4.79 Å². The monoisotopic (exact) mass is 489 g/mol. The number of ether oxygens (including phenoxy) is 3. The maximum atomic E-state index is 13.7. The number of nitrogens with one attached hydrogen (secondary N) is 2. The van der Waals surface area contributed by atoms with Crippen molar-refractivity contribution in [3.8, 4) is 11.5 Å². The predicted octanol–water partition coefficient (Wildman–Crippen LogP) is 4.37. The van der Waals surface area contributed by atoms with Gasteiger partial charge in [0.15, 0.2) is 22.3 Å². The van der Waals surface area contributed by atoms with Crippen molar-refractivity contribution in [2.45, 2.75) is 32.0 Å². The Labute approximate surface area is 204 Å². The van der Waals surface area contributed by atoms with E-state index >= 15 is 0 Å². The Morgan fingerprint density at radius 3 is 2.76 bits per heavy atom. The first-order chi connectivity index (χ1) is 15.9. The highest BCUT2D eigenvalue weighted by Crippen LogP contribution is 2.51. The molecule has 2 aliphatic rings. The summed E-state index contributed by atoms with van der Waals surface area (Å²) < 4.78 is 17.7. The molecule has 1 fully saturated rings. The molecule has 176 valence electrons. The third-order valence-corrected chi connectivity index (χ3v) is 6.64. The van der Waals surface area contributed by atoms with E-state index in [-0.39, 0.29) is 11.9 Å². The number of para-hydroxylation sites is 1. The summed E-state index contributed by atoms with van der Waals surface area (Å²) in [5, 5.41) is 7.57. The molecule has 2 bridgehead atoms. The standard InChI is InChI=1S/C24H28ClN3O4S/c1-4-31-18-8-5-7-17-20-19(22(29)26-16-11-9-15(25)10-12-16)24(2,32-21(17)18)28(23(33)27-20)13-6-14-30-3/h5,7-12,19-20H,4,6,13-14H2,1-3H3,(H,26,29)(H,27,33). The average molecular weight is 490 g/mol. The van der Waals surface area contributed by atoms with Gasteiger partial charge in [0.05, 0.1) is 12.6 Å². The molecule has 0 saturated carbocycles. The molecule has 3 atom stereocenters. The Morgan fingerprint density at radius 1 is 1.30 bits per heavy atom. The van der Waals surface area contributed by atoms with Gasteiger partial charge in [0.1, 0.15) is 5.92 Å². The Hall–Kier alpha value is -2.55. The van der Waals surface area contributed by atoms with Crippen LogP contribution in [-0.2, 0) is 9.53 Å². The Bertz CT molecular complexity index is 1030. The largest absolute Gasteiger partial charge is 0.490 e. The summed E-state index contributed by atoms with van der Waals surface area (Å²) in [6.07, 6.45) is 0.730. The normalized spacial score (nSPS) is 23.3. The molecule has 0 spiro atoms.